The molecule has 0 N–H and O–H groups in total. The SMILES string of the molecule is CCC(=O)OS.SC(S)CC1=CSCS1. The van der Waals surface area contributed by atoms with Crippen LogP contribution in [-0.4, -0.2) is 15.6 Å². The Morgan fingerprint density at radius 2 is 2.33 bits per heavy atom. The van der Waals surface area contributed by atoms with Crippen molar-refractivity contribution in [2.75, 3.05) is 5.08 Å². The van der Waals surface area contributed by atoms with Gasteiger partial charge in [-0.15, -0.1) is 23.5 Å². The normalized spacial score (nSPS) is 14.3. The highest BCUT2D eigenvalue weighted by atomic mass is 32.2. The summed E-state index contributed by atoms with van der Waals surface area (Å²) >= 11 is 15.3. The molecular weight excluding hydrogens is 288 g/mol. The lowest BCUT2D eigenvalue weighted by Crippen LogP contribution is -1.90. The number of allylic oxidation sites excluding steroid dienone is 1. The van der Waals surface area contributed by atoms with Gasteiger partial charge in [0.2, 0.25) is 0 Å². The summed E-state index contributed by atoms with van der Waals surface area (Å²) in [6.07, 6.45) is 1.40. The van der Waals surface area contributed by atoms with Gasteiger partial charge in [-0.3, -0.25) is 4.79 Å². The Balaban J connectivity index is 0.000000288. The summed E-state index contributed by atoms with van der Waals surface area (Å²) in [6, 6.07) is 0. The van der Waals surface area contributed by atoms with E-state index in [2.05, 4.69) is 47.8 Å². The monoisotopic (exact) mass is 302 g/mol. The molecule has 2 nitrogen and oxygen atoms in total. The van der Waals surface area contributed by atoms with E-state index in [1.807, 2.05) is 23.5 Å². The molecule has 0 aromatic rings. The second kappa shape index (κ2) is 10.1. The Morgan fingerprint density at radius 3 is 2.60 bits per heavy atom. The molecule has 15 heavy (non-hydrogen) atoms. The molecule has 0 unspecified atom stereocenters. The van der Waals surface area contributed by atoms with Crippen LogP contribution >= 0.6 is 61.7 Å². The topological polar surface area (TPSA) is 26.3 Å². The summed E-state index contributed by atoms with van der Waals surface area (Å²) in [6.45, 7) is 1.71. The first-order valence-corrected chi connectivity index (χ1v) is 7.67. The predicted molar refractivity (Wildman–Crippen MR) is 79.9 cm³/mol. The lowest BCUT2D eigenvalue weighted by molar-refractivity contribution is -0.132. The molecule has 0 aromatic carbocycles. The lowest BCUT2D eigenvalue weighted by Gasteiger charge is -2.00. The van der Waals surface area contributed by atoms with E-state index in [0.29, 0.717) is 6.42 Å². The standard InChI is InChI=1S/C5H8S4.C3H6O2S/c6-5(7)1-4-2-8-3-9-4;1-2-3(4)5-6/h2,5-7H,1,3H2;6H,2H2,1H3. The molecular formula is C8H14O2S5. The van der Waals surface area contributed by atoms with Crippen molar-refractivity contribution in [2.24, 2.45) is 0 Å². The molecule has 0 saturated heterocycles. The van der Waals surface area contributed by atoms with E-state index in [4.69, 9.17) is 0 Å². The minimum absolute atomic E-state index is 0.211. The number of rotatable bonds is 3. The van der Waals surface area contributed by atoms with Gasteiger partial charge in [-0.25, -0.2) is 0 Å². The molecule has 1 aliphatic rings. The van der Waals surface area contributed by atoms with Crippen LogP contribution in [0.4, 0.5) is 0 Å². The first-order chi connectivity index (χ1) is 7.10. The van der Waals surface area contributed by atoms with Crippen LogP contribution in [0.15, 0.2) is 10.3 Å². The number of hydrogen-bond acceptors (Lipinski definition) is 7. The van der Waals surface area contributed by atoms with Gasteiger partial charge in [0.25, 0.3) is 0 Å². The van der Waals surface area contributed by atoms with E-state index >= 15 is 0 Å². The van der Waals surface area contributed by atoms with E-state index in [1.54, 1.807) is 6.92 Å². The Labute approximate surface area is 116 Å². The molecule has 0 fully saturated rings. The van der Waals surface area contributed by atoms with Gasteiger partial charge in [0, 0.05) is 29.0 Å². The summed E-state index contributed by atoms with van der Waals surface area (Å²) in [4.78, 5) is 11.3. The van der Waals surface area contributed by atoms with Crippen LogP contribution in [0.25, 0.3) is 0 Å². The van der Waals surface area contributed by atoms with E-state index in [-0.39, 0.29) is 10.6 Å². The number of thioether (sulfide) groups is 2. The minimum Gasteiger partial charge on any atom is -0.395 e. The molecule has 0 spiro atoms. The van der Waals surface area contributed by atoms with Crippen LogP contribution < -0.4 is 0 Å². The molecule has 0 bridgehead atoms. The summed E-state index contributed by atoms with van der Waals surface area (Å²) in [5, 5.41) is 3.37. The Hall–Kier alpha value is 0.960. The van der Waals surface area contributed by atoms with Crippen molar-refractivity contribution in [3.05, 3.63) is 10.3 Å². The summed E-state index contributed by atoms with van der Waals surface area (Å²) in [7, 11) is 0. The number of thiol groups is 3. The van der Waals surface area contributed by atoms with Crippen LogP contribution in [-0.2, 0) is 8.98 Å². The molecule has 1 aliphatic heterocycles. The molecule has 7 heteroatoms. The number of carbonyl (C=O) groups is 1. The van der Waals surface area contributed by atoms with E-state index in [9.17, 15) is 4.79 Å². The highest BCUT2D eigenvalue weighted by Crippen LogP contribution is 2.35. The quantitative estimate of drug-likeness (QED) is 0.421. The highest BCUT2D eigenvalue weighted by molar-refractivity contribution is 8.22. The van der Waals surface area contributed by atoms with Crippen molar-refractivity contribution < 1.29 is 8.98 Å². The minimum atomic E-state index is -0.293. The Bertz CT molecular complexity index is 211. The van der Waals surface area contributed by atoms with Gasteiger partial charge in [0.05, 0.1) is 0 Å². The first-order valence-electron chi connectivity index (χ1n) is 4.24. The average Bonchev–Trinajstić information content (AvgIpc) is 2.69. The van der Waals surface area contributed by atoms with Gasteiger partial charge in [0.1, 0.15) is 0 Å². The summed E-state index contributed by atoms with van der Waals surface area (Å²) in [5.74, 6) is -0.293. The fourth-order valence-corrected chi connectivity index (χ4v) is 3.58. The van der Waals surface area contributed by atoms with Crippen molar-refractivity contribution in [2.45, 2.75) is 24.3 Å². The van der Waals surface area contributed by atoms with Gasteiger partial charge in [-0.1, -0.05) is 6.92 Å². The zero-order chi connectivity index (χ0) is 11.7. The van der Waals surface area contributed by atoms with Crippen molar-refractivity contribution >= 4 is 67.7 Å². The molecule has 1 rings (SSSR count). The third kappa shape index (κ3) is 9.86. The molecule has 1 heterocycles. The predicted octanol–water partition coefficient (Wildman–Crippen LogP) is 3.63. The molecule has 0 atom stereocenters. The maximum Gasteiger partial charge on any atom is 0.317 e. The maximum absolute atomic E-state index is 9.88. The van der Waals surface area contributed by atoms with Crippen LogP contribution in [0.3, 0.4) is 0 Å². The Kier molecular flexibility index (Phi) is 10.8. The number of carbonyl (C=O) groups excluding carboxylic acids is 1. The maximum atomic E-state index is 9.88. The zero-order valence-corrected chi connectivity index (χ0v) is 12.6. The zero-order valence-electron chi connectivity index (χ0n) is 8.25. The van der Waals surface area contributed by atoms with Crippen LogP contribution in [0, 0.1) is 0 Å². The number of hydrogen-bond donors (Lipinski definition) is 3. The van der Waals surface area contributed by atoms with Crippen molar-refractivity contribution in [1.82, 2.24) is 0 Å². The van der Waals surface area contributed by atoms with Gasteiger partial charge in [-0.05, 0) is 16.7 Å². The first kappa shape index (κ1) is 16.0. The van der Waals surface area contributed by atoms with Crippen LogP contribution in [0.1, 0.15) is 19.8 Å². The highest BCUT2D eigenvalue weighted by Gasteiger charge is 2.07. The molecule has 0 saturated carbocycles. The van der Waals surface area contributed by atoms with Crippen LogP contribution in [0.2, 0.25) is 0 Å². The van der Waals surface area contributed by atoms with E-state index < -0.39 is 0 Å². The third-order valence-corrected chi connectivity index (χ3v) is 4.14. The van der Waals surface area contributed by atoms with E-state index in [0.717, 1.165) is 6.42 Å². The van der Waals surface area contributed by atoms with Gasteiger partial charge in [-0.2, -0.15) is 25.3 Å². The van der Waals surface area contributed by atoms with Crippen molar-refractivity contribution in [3.8, 4) is 0 Å². The molecule has 0 radical (unpaired) electrons. The molecule has 88 valence electrons. The van der Waals surface area contributed by atoms with E-state index in [1.165, 1.54) is 9.99 Å². The fourth-order valence-electron chi connectivity index (χ4n) is 0.622. The fraction of sp³-hybridized carbons (Fsp3) is 0.625. The van der Waals surface area contributed by atoms with Crippen LogP contribution in [0.5, 0.6) is 0 Å². The molecule has 0 amide bonds. The second-order valence-corrected chi connectivity index (χ2v) is 6.68. The van der Waals surface area contributed by atoms with Gasteiger partial charge in [0.15, 0.2) is 0 Å². The smallest absolute Gasteiger partial charge is 0.317 e. The summed E-state index contributed by atoms with van der Waals surface area (Å²) < 4.78 is 4.17. The van der Waals surface area contributed by atoms with Crippen molar-refractivity contribution in [1.29, 1.82) is 0 Å². The third-order valence-electron chi connectivity index (χ3n) is 1.30. The molecule has 0 aliphatic carbocycles. The van der Waals surface area contributed by atoms with Gasteiger partial charge >= 0.3 is 5.97 Å². The largest absolute Gasteiger partial charge is 0.395 e. The van der Waals surface area contributed by atoms with Crippen molar-refractivity contribution in [3.63, 3.8) is 0 Å². The van der Waals surface area contributed by atoms with Gasteiger partial charge < -0.3 is 4.18 Å². The second-order valence-electron chi connectivity index (χ2n) is 2.51. The Morgan fingerprint density at radius 1 is 1.67 bits per heavy atom. The molecule has 0 aromatic heterocycles. The lowest BCUT2D eigenvalue weighted by atomic mass is 10.5. The average molecular weight is 303 g/mol. The summed E-state index contributed by atoms with van der Waals surface area (Å²) in [5.41, 5.74) is 0.